The Balaban J connectivity index is 2.33. The topological polar surface area (TPSA) is 68.0 Å². The lowest BCUT2D eigenvalue weighted by Gasteiger charge is -2.14. The van der Waals surface area contributed by atoms with E-state index in [1.165, 1.54) is 37.4 Å². The van der Waals surface area contributed by atoms with Crippen LogP contribution in [0.5, 0.6) is 0 Å². The Kier molecular flexibility index (Phi) is 3.84. The van der Waals surface area contributed by atoms with Gasteiger partial charge in [0.05, 0.1) is 11.1 Å². The van der Waals surface area contributed by atoms with Crippen LogP contribution in [0, 0.1) is 6.92 Å². The Morgan fingerprint density at radius 2 is 1.95 bits per heavy atom. The molecule has 0 unspecified atom stereocenters. The summed E-state index contributed by atoms with van der Waals surface area (Å²) in [6.45, 7) is 1.30. The third-order valence-corrected chi connectivity index (χ3v) is 2.97. The first-order valence-electron chi connectivity index (χ1n) is 5.99. The minimum atomic E-state index is -4.47. The first-order chi connectivity index (χ1) is 9.80. The summed E-state index contributed by atoms with van der Waals surface area (Å²) in [5.74, 6) is -0.595. The molecular weight excluding hydrogens is 283 g/mol. The Morgan fingerprint density at radius 1 is 1.24 bits per heavy atom. The quantitative estimate of drug-likeness (QED) is 0.893. The number of halogens is 3. The zero-order valence-corrected chi connectivity index (χ0v) is 11.0. The van der Waals surface area contributed by atoms with Crippen LogP contribution in [-0.2, 0) is 6.18 Å². The van der Waals surface area contributed by atoms with E-state index in [1.807, 2.05) is 0 Å². The number of hydrogen-bond donors (Lipinski definition) is 2. The largest absolute Gasteiger partial charge is 0.416 e. The van der Waals surface area contributed by atoms with Crippen molar-refractivity contribution in [3.63, 3.8) is 0 Å². The van der Waals surface area contributed by atoms with Gasteiger partial charge in [-0.2, -0.15) is 13.2 Å². The summed E-state index contributed by atoms with van der Waals surface area (Å²) in [5, 5.41) is 2.42. The number of nitrogens with one attached hydrogen (secondary N) is 1. The van der Waals surface area contributed by atoms with Gasteiger partial charge >= 0.3 is 6.18 Å². The Labute approximate surface area is 118 Å². The van der Waals surface area contributed by atoms with Crippen LogP contribution in [0.25, 0.3) is 0 Å². The molecule has 7 heteroatoms. The lowest BCUT2D eigenvalue weighted by molar-refractivity contribution is -0.138. The molecule has 3 N–H and O–H groups in total. The van der Waals surface area contributed by atoms with Gasteiger partial charge in [-0.15, -0.1) is 0 Å². The second kappa shape index (κ2) is 5.43. The zero-order valence-electron chi connectivity index (χ0n) is 11.0. The fourth-order valence-electron chi connectivity index (χ4n) is 1.88. The van der Waals surface area contributed by atoms with E-state index in [4.69, 9.17) is 5.73 Å². The van der Waals surface area contributed by atoms with Gasteiger partial charge < -0.3 is 11.1 Å². The number of rotatable bonds is 2. The maximum Gasteiger partial charge on any atom is 0.416 e. The molecular formula is C14H12F3N3O. The number of hydrogen-bond acceptors (Lipinski definition) is 3. The normalized spacial score (nSPS) is 11.2. The average molecular weight is 295 g/mol. The van der Waals surface area contributed by atoms with E-state index in [2.05, 4.69) is 10.3 Å². The van der Waals surface area contributed by atoms with E-state index in [0.717, 1.165) is 6.07 Å². The van der Waals surface area contributed by atoms with E-state index in [9.17, 15) is 18.0 Å². The predicted octanol–water partition coefficient (Wildman–Crippen LogP) is 3.24. The Bertz CT molecular complexity index is 683. The van der Waals surface area contributed by atoms with Gasteiger partial charge in [0.2, 0.25) is 0 Å². The van der Waals surface area contributed by atoms with Crippen LogP contribution in [0.3, 0.4) is 0 Å². The van der Waals surface area contributed by atoms with Gasteiger partial charge in [-0.05, 0) is 36.8 Å². The molecule has 0 radical (unpaired) electrons. The minimum Gasteiger partial charge on any atom is -0.383 e. The average Bonchev–Trinajstić information content (AvgIpc) is 2.40. The number of nitrogens with two attached hydrogens (primary N) is 1. The number of anilines is 2. The van der Waals surface area contributed by atoms with Gasteiger partial charge in [0.25, 0.3) is 5.91 Å². The van der Waals surface area contributed by atoms with Crippen LogP contribution in [-0.4, -0.2) is 10.9 Å². The molecule has 1 heterocycles. The Morgan fingerprint density at radius 3 is 2.57 bits per heavy atom. The number of amides is 1. The molecule has 0 atom stereocenters. The maximum absolute atomic E-state index is 12.8. The molecule has 0 bridgehead atoms. The van der Waals surface area contributed by atoms with Crippen LogP contribution >= 0.6 is 0 Å². The first kappa shape index (κ1) is 14.8. The number of carbonyl (C=O) groups excluding carboxylic acids is 1. The molecule has 110 valence electrons. The van der Waals surface area contributed by atoms with Crippen molar-refractivity contribution in [1.82, 2.24) is 4.98 Å². The summed E-state index contributed by atoms with van der Waals surface area (Å²) in [7, 11) is 0. The van der Waals surface area contributed by atoms with E-state index in [0.29, 0.717) is 0 Å². The van der Waals surface area contributed by atoms with Crippen molar-refractivity contribution in [2.75, 3.05) is 11.1 Å². The van der Waals surface area contributed by atoms with Gasteiger partial charge in [-0.3, -0.25) is 4.79 Å². The summed E-state index contributed by atoms with van der Waals surface area (Å²) in [6.07, 6.45) is -3.06. The van der Waals surface area contributed by atoms with Crippen molar-refractivity contribution in [2.45, 2.75) is 13.1 Å². The molecule has 0 spiro atoms. The molecule has 0 aliphatic rings. The van der Waals surface area contributed by atoms with Gasteiger partial charge in [0.15, 0.2) is 0 Å². The Hall–Kier alpha value is -2.57. The molecule has 2 rings (SSSR count). The highest BCUT2D eigenvalue weighted by Crippen LogP contribution is 2.34. The van der Waals surface area contributed by atoms with Crippen LogP contribution in [0.1, 0.15) is 21.5 Å². The van der Waals surface area contributed by atoms with Crippen LogP contribution in [0.15, 0.2) is 36.5 Å². The second-order valence-electron chi connectivity index (χ2n) is 4.37. The van der Waals surface area contributed by atoms with Gasteiger partial charge in [0, 0.05) is 11.9 Å². The molecule has 2 aromatic rings. The molecule has 0 saturated heterocycles. The number of carbonyl (C=O) groups is 1. The SMILES string of the molecule is Cc1c(NC(=O)c2cccnc2N)cccc1C(F)(F)F. The summed E-state index contributed by atoms with van der Waals surface area (Å²) in [6, 6.07) is 6.56. The third-order valence-electron chi connectivity index (χ3n) is 2.97. The molecule has 0 saturated carbocycles. The lowest BCUT2D eigenvalue weighted by Crippen LogP contribution is -2.17. The highest BCUT2D eigenvalue weighted by molar-refractivity contribution is 6.07. The van der Waals surface area contributed by atoms with Crippen molar-refractivity contribution in [3.05, 3.63) is 53.2 Å². The molecule has 1 aromatic heterocycles. The molecule has 1 aromatic carbocycles. The van der Waals surface area contributed by atoms with E-state index in [1.54, 1.807) is 0 Å². The standard InChI is InChI=1S/C14H12F3N3O/c1-8-10(14(15,16)17)5-2-6-11(8)20-13(21)9-4-3-7-19-12(9)18/h2-7H,1H3,(H2,18,19)(H,20,21). The van der Waals surface area contributed by atoms with Gasteiger partial charge in [-0.25, -0.2) is 4.98 Å². The summed E-state index contributed by atoms with van der Waals surface area (Å²) >= 11 is 0. The van der Waals surface area contributed by atoms with Gasteiger partial charge in [0.1, 0.15) is 5.82 Å². The smallest absolute Gasteiger partial charge is 0.383 e. The van der Waals surface area contributed by atoms with Crippen molar-refractivity contribution in [3.8, 4) is 0 Å². The third kappa shape index (κ3) is 3.13. The van der Waals surface area contributed by atoms with E-state index < -0.39 is 17.6 Å². The van der Waals surface area contributed by atoms with Crippen molar-refractivity contribution < 1.29 is 18.0 Å². The van der Waals surface area contributed by atoms with E-state index in [-0.39, 0.29) is 22.6 Å². The molecule has 1 amide bonds. The summed E-state index contributed by atoms with van der Waals surface area (Å²) < 4.78 is 38.4. The van der Waals surface area contributed by atoms with Crippen molar-refractivity contribution >= 4 is 17.4 Å². The highest BCUT2D eigenvalue weighted by Gasteiger charge is 2.33. The molecule has 0 aliphatic heterocycles. The second-order valence-corrected chi connectivity index (χ2v) is 4.37. The number of nitrogens with zero attached hydrogens (tertiary/aromatic N) is 1. The predicted molar refractivity (Wildman–Crippen MR) is 72.8 cm³/mol. The fourth-order valence-corrected chi connectivity index (χ4v) is 1.88. The van der Waals surface area contributed by atoms with Crippen molar-refractivity contribution in [1.29, 1.82) is 0 Å². The van der Waals surface area contributed by atoms with Crippen LogP contribution < -0.4 is 11.1 Å². The number of aromatic nitrogens is 1. The molecule has 0 fully saturated rings. The molecule has 4 nitrogen and oxygen atoms in total. The fraction of sp³-hybridized carbons (Fsp3) is 0.143. The number of benzene rings is 1. The van der Waals surface area contributed by atoms with E-state index >= 15 is 0 Å². The minimum absolute atomic E-state index is 0.0135. The number of nitrogen functional groups attached to an aromatic ring is 1. The number of pyridine rings is 1. The molecule has 0 aliphatic carbocycles. The van der Waals surface area contributed by atoms with Gasteiger partial charge in [-0.1, -0.05) is 6.07 Å². The highest BCUT2D eigenvalue weighted by atomic mass is 19.4. The number of alkyl halides is 3. The first-order valence-corrected chi connectivity index (χ1v) is 5.99. The summed E-state index contributed by atoms with van der Waals surface area (Å²) in [4.78, 5) is 15.8. The molecule has 21 heavy (non-hydrogen) atoms. The summed E-state index contributed by atoms with van der Waals surface area (Å²) in [5.41, 5.74) is 4.90. The van der Waals surface area contributed by atoms with Crippen LogP contribution in [0.2, 0.25) is 0 Å². The monoisotopic (exact) mass is 295 g/mol. The lowest BCUT2D eigenvalue weighted by atomic mass is 10.1. The zero-order chi connectivity index (χ0) is 15.6. The van der Waals surface area contributed by atoms with Crippen LogP contribution in [0.4, 0.5) is 24.7 Å². The maximum atomic E-state index is 12.8. The van der Waals surface area contributed by atoms with Crippen molar-refractivity contribution in [2.24, 2.45) is 0 Å².